The van der Waals surface area contributed by atoms with Crippen LogP contribution < -0.4 is 10.6 Å². The number of amides is 1. The average molecular weight is 523 g/mol. The van der Waals surface area contributed by atoms with Crippen LogP contribution in [0.15, 0.2) is 18.3 Å². The van der Waals surface area contributed by atoms with Crippen LogP contribution in [0, 0.1) is 12.8 Å². The zero-order valence-electron chi connectivity index (χ0n) is 19.8. The monoisotopic (exact) mass is 523 g/mol. The number of alkyl carbamates (subject to hydrolysis) is 1. The minimum Gasteiger partial charge on any atom is -0.443 e. The van der Waals surface area contributed by atoms with Crippen molar-refractivity contribution in [1.82, 2.24) is 30.1 Å². The molecule has 0 unspecified atom stereocenters. The predicted octanol–water partition coefficient (Wildman–Crippen LogP) is 4.40. The van der Waals surface area contributed by atoms with Crippen LogP contribution in [0.1, 0.15) is 55.1 Å². The van der Waals surface area contributed by atoms with E-state index in [-0.39, 0.29) is 11.2 Å². The normalized spacial score (nSPS) is 28.6. The van der Waals surface area contributed by atoms with E-state index < -0.39 is 37.3 Å². The SMILES string of the molecule is Cc1cn2nc(COC(F)(F)F)cc2c(Nc2cc([C@@H]3CC[C@H](OC(=O)NC45CC(C4)C5)[C@H]3F)[nH]n2)n1. The summed E-state index contributed by atoms with van der Waals surface area (Å²) >= 11 is 0. The Morgan fingerprint density at radius 1 is 1.27 bits per heavy atom. The van der Waals surface area contributed by atoms with Gasteiger partial charge >= 0.3 is 12.5 Å². The van der Waals surface area contributed by atoms with E-state index >= 15 is 4.39 Å². The van der Waals surface area contributed by atoms with E-state index in [1.807, 2.05) is 0 Å². The molecule has 4 saturated carbocycles. The maximum absolute atomic E-state index is 15.2. The van der Waals surface area contributed by atoms with Crippen molar-refractivity contribution < 1.29 is 31.8 Å². The molecule has 4 aliphatic rings. The highest BCUT2D eigenvalue weighted by Crippen LogP contribution is 2.57. The van der Waals surface area contributed by atoms with Crippen molar-refractivity contribution in [3.05, 3.63) is 35.4 Å². The van der Waals surface area contributed by atoms with E-state index in [0.717, 1.165) is 19.3 Å². The smallest absolute Gasteiger partial charge is 0.443 e. The molecule has 4 fully saturated rings. The summed E-state index contributed by atoms with van der Waals surface area (Å²) in [6.07, 6.45) is -2.18. The summed E-state index contributed by atoms with van der Waals surface area (Å²) in [5, 5.41) is 17.1. The average Bonchev–Trinajstić information content (AvgIpc) is 3.47. The fraction of sp³-hybridized carbons (Fsp3) is 0.565. The first kappa shape index (κ1) is 23.9. The molecule has 7 rings (SSSR count). The van der Waals surface area contributed by atoms with Gasteiger partial charge in [0.15, 0.2) is 11.6 Å². The number of nitrogens with zero attached hydrogens (tertiary/aromatic N) is 4. The lowest BCUT2D eigenvalue weighted by Gasteiger charge is -2.61. The molecule has 0 saturated heterocycles. The van der Waals surface area contributed by atoms with Crippen LogP contribution in [-0.2, 0) is 16.1 Å². The number of carbonyl (C=O) groups is 1. The second-order valence-corrected chi connectivity index (χ2v) is 10.2. The van der Waals surface area contributed by atoms with Gasteiger partial charge in [0.2, 0.25) is 0 Å². The number of aryl methyl sites for hydroxylation is 1. The molecule has 1 amide bonds. The molecular weight excluding hydrogens is 498 g/mol. The van der Waals surface area contributed by atoms with Gasteiger partial charge < -0.3 is 15.4 Å². The molecule has 14 heteroatoms. The van der Waals surface area contributed by atoms with Gasteiger partial charge in [-0.25, -0.2) is 18.7 Å². The van der Waals surface area contributed by atoms with E-state index in [9.17, 15) is 18.0 Å². The Labute approximate surface area is 208 Å². The Morgan fingerprint density at radius 2 is 2.05 bits per heavy atom. The van der Waals surface area contributed by atoms with E-state index in [2.05, 4.69) is 35.7 Å². The first-order valence-corrected chi connectivity index (χ1v) is 12.1. The van der Waals surface area contributed by atoms with Crippen LogP contribution >= 0.6 is 0 Å². The van der Waals surface area contributed by atoms with Crippen molar-refractivity contribution in [2.45, 2.75) is 75.7 Å². The molecule has 3 aromatic rings. The second kappa shape index (κ2) is 8.57. The molecule has 2 bridgehead atoms. The fourth-order valence-corrected chi connectivity index (χ4v) is 5.58. The summed E-state index contributed by atoms with van der Waals surface area (Å²) < 4.78 is 63.1. The number of alkyl halides is 4. The fourth-order valence-electron chi connectivity index (χ4n) is 5.58. The van der Waals surface area contributed by atoms with Gasteiger partial charge in [-0.05, 0) is 51.0 Å². The zero-order valence-corrected chi connectivity index (χ0v) is 19.8. The molecule has 37 heavy (non-hydrogen) atoms. The first-order valence-electron chi connectivity index (χ1n) is 12.1. The second-order valence-electron chi connectivity index (χ2n) is 10.2. The van der Waals surface area contributed by atoms with Crippen LogP contribution in [0.4, 0.5) is 34.0 Å². The minimum absolute atomic E-state index is 0.0748. The summed E-state index contributed by atoms with van der Waals surface area (Å²) in [6.45, 7) is 0.975. The lowest BCUT2D eigenvalue weighted by Crippen LogP contribution is -2.68. The van der Waals surface area contributed by atoms with E-state index in [1.54, 1.807) is 19.2 Å². The third-order valence-corrected chi connectivity index (χ3v) is 7.42. The molecule has 3 aromatic heterocycles. The topological polar surface area (TPSA) is 118 Å². The number of ether oxygens (including phenoxy) is 2. The van der Waals surface area contributed by atoms with Crippen molar-refractivity contribution in [3.8, 4) is 0 Å². The number of aromatic amines is 1. The quantitative estimate of drug-likeness (QED) is 0.393. The molecule has 0 radical (unpaired) electrons. The van der Waals surface area contributed by atoms with Crippen molar-refractivity contribution >= 4 is 23.2 Å². The Balaban J connectivity index is 1.11. The molecular formula is C23H25F4N7O3. The van der Waals surface area contributed by atoms with Gasteiger partial charge in [-0.2, -0.15) is 10.2 Å². The Bertz CT molecular complexity index is 1320. The molecule has 3 N–H and O–H groups in total. The van der Waals surface area contributed by atoms with Gasteiger partial charge in [-0.3, -0.25) is 9.84 Å². The highest BCUT2D eigenvalue weighted by atomic mass is 19.4. The van der Waals surface area contributed by atoms with Crippen LogP contribution in [0.5, 0.6) is 0 Å². The molecule has 0 aliphatic heterocycles. The maximum atomic E-state index is 15.2. The summed E-state index contributed by atoms with van der Waals surface area (Å²) in [4.78, 5) is 16.6. The van der Waals surface area contributed by atoms with Crippen LogP contribution in [-0.4, -0.2) is 55.1 Å². The highest BCUT2D eigenvalue weighted by Gasteiger charge is 2.58. The van der Waals surface area contributed by atoms with E-state index in [1.165, 1.54) is 10.6 Å². The third kappa shape index (κ3) is 4.69. The molecule has 3 atom stereocenters. The number of anilines is 2. The van der Waals surface area contributed by atoms with Gasteiger partial charge in [0.05, 0.1) is 17.6 Å². The lowest BCUT2D eigenvalue weighted by atomic mass is 9.50. The zero-order chi connectivity index (χ0) is 25.9. The number of halogens is 4. The number of nitrogens with one attached hydrogen (secondary N) is 3. The lowest BCUT2D eigenvalue weighted by molar-refractivity contribution is -0.330. The molecule has 3 heterocycles. The molecule has 4 aliphatic carbocycles. The standard InChI is InChI=1S/C23H25F4N7O3/c1-11-9-34-16(4-13(33-34)10-36-23(25,26)27)20(28-11)29-18-5-15(31-32-18)14-2-3-17(19(14)24)37-21(35)30-22-6-12(7-22)8-22/h4-5,9,12,14,17,19H,2-3,6-8,10H2,1H3,(H,30,35)(H2,28,29,31,32)/t12?,14-,17-,19-,22?/m0/s1. The van der Waals surface area contributed by atoms with Gasteiger partial charge in [0.1, 0.15) is 24.4 Å². The van der Waals surface area contributed by atoms with Crippen molar-refractivity contribution in [3.63, 3.8) is 0 Å². The molecule has 0 spiro atoms. The van der Waals surface area contributed by atoms with E-state index in [0.29, 0.717) is 47.3 Å². The van der Waals surface area contributed by atoms with Gasteiger partial charge in [0, 0.05) is 23.2 Å². The minimum atomic E-state index is -4.77. The number of hydrogen-bond acceptors (Lipinski definition) is 7. The number of H-pyrrole nitrogens is 1. The predicted molar refractivity (Wildman–Crippen MR) is 121 cm³/mol. The summed E-state index contributed by atoms with van der Waals surface area (Å²) in [6, 6.07) is 3.08. The highest BCUT2D eigenvalue weighted by molar-refractivity contribution is 5.72. The number of rotatable bonds is 7. The first-order chi connectivity index (χ1) is 17.6. The number of fused-ring (bicyclic) bond motifs is 1. The Hall–Kier alpha value is -3.42. The Morgan fingerprint density at radius 3 is 2.76 bits per heavy atom. The largest absolute Gasteiger partial charge is 0.522 e. The van der Waals surface area contributed by atoms with Crippen LogP contribution in [0.2, 0.25) is 0 Å². The molecule has 10 nitrogen and oxygen atoms in total. The van der Waals surface area contributed by atoms with Crippen molar-refractivity contribution in [2.24, 2.45) is 5.92 Å². The van der Waals surface area contributed by atoms with Crippen LogP contribution in [0.3, 0.4) is 0 Å². The summed E-state index contributed by atoms with van der Waals surface area (Å²) in [7, 11) is 0. The van der Waals surface area contributed by atoms with Crippen molar-refractivity contribution in [2.75, 3.05) is 5.32 Å². The van der Waals surface area contributed by atoms with Crippen LogP contribution in [0.25, 0.3) is 5.52 Å². The van der Waals surface area contributed by atoms with Crippen molar-refractivity contribution in [1.29, 1.82) is 0 Å². The maximum Gasteiger partial charge on any atom is 0.522 e. The number of aromatic nitrogens is 5. The number of hydrogen-bond donors (Lipinski definition) is 3. The summed E-state index contributed by atoms with van der Waals surface area (Å²) in [5.74, 6) is 0.849. The van der Waals surface area contributed by atoms with E-state index in [4.69, 9.17) is 4.74 Å². The van der Waals surface area contributed by atoms with Gasteiger partial charge in [-0.15, -0.1) is 13.2 Å². The molecule has 0 aromatic carbocycles. The summed E-state index contributed by atoms with van der Waals surface area (Å²) in [5.41, 5.74) is 1.47. The number of carbonyl (C=O) groups excluding carboxylic acids is 1. The van der Waals surface area contributed by atoms with Gasteiger partial charge in [-0.1, -0.05) is 0 Å². The van der Waals surface area contributed by atoms with Gasteiger partial charge in [0.25, 0.3) is 0 Å². The third-order valence-electron chi connectivity index (χ3n) is 7.42. The molecule has 198 valence electrons. The Kier molecular flexibility index (Phi) is 5.55.